The average molecular weight is 244 g/mol. The van der Waals surface area contributed by atoms with Crippen LogP contribution in [0.5, 0.6) is 5.75 Å². The van der Waals surface area contributed by atoms with Crippen LogP contribution < -0.4 is 10.4 Å². The molecule has 0 aliphatic heterocycles. The zero-order valence-electron chi connectivity index (χ0n) is 9.57. The second-order valence-electron chi connectivity index (χ2n) is 3.89. The molecule has 0 N–H and O–H groups in total. The van der Waals surface area contributed by atoms with Gasteiger partial charge in [0.25, 0.3) is 0 Å². The van der Waals surface area contributed by atoms with Gasteiger partial charge in [-0.3, -0.25) is 0 Å². The van der Waals surface area contributed by atoms with Crippen LogP contribution in [0, 0.1) is 5.82 Å². The molecule has 4 heteroatoms. The first-order valence-electron chi connectivity index (χ1n) is 5.40. The van der Waals surface area contributed by atoms with E-state index in [0.29, 0.717) is 16.4 Å². The molecule has 3 aromatic rings. The van der Waals surface area contributed by atoms with Gasteiger partial charge in [-0.1, -0.05) is 18.2 Å². The summed E-state index contributed by atoms with van der Waals surface area (Å²) in [5.74, 6) is -0.653. The highest BCUT2D eigenvalue weighted by Crippen LogP contribution is 2.28. The summed E-state index contributed by atoms with van der Waals surface area (Å²) in [5.41, 5.74) is -0.250. The number of hydrogen-bond acceptors (Lipinski definition) is 3. The highest BCUT2D eigenvalue weighted by molar-refractivity contribution is 6.04. The molecule has 0 aliphatic rings. The van der Waals surface area contributed by atoms with Crippen LogP contribution in [-0.4, -0.2) is 7.11 Å². The molecular weight excluding hydrogens is 235 g/mol. The number of methoxy groups -OCH3 is 1. The predicted octanol–water partition coefficient (Wildman–Crippen LogP) is 3.09. The molecule has 0 spiro atoms. The van der Waals surface area contributed by atoms with Gasteiger partial charge < -0.3 is 9.15 Å². The molecule has 3 nitrogen and oxygen atoms in total. The molecule has 3 rings (SSSR count). The first-order chi connectivity index (χ1) is 8.72. The number of benzene rings is 2. The number of fused-ring (bicyclic) bond motifs is 3. The van der Waals surface area contributed by atoms with Gasteiger partial charge in [0.05, 0.1) is 7.11 Å². The Balaban J connectivity index is 2.60. The first-order valence-corrected chi connectivity index (χ1v) is 5.40. The Morgan fingerprint density at radius 1 is 1.11 bits per heavy atom. The molecule has 0 saturated heterocycles. The topological polar surface area (TPSA) is 39.4 Å². The van der Waals surface area contributed by atoms with Crippen molar-refractivity contribution in [1.82, 2.24) is 0 Å². The second-order valence-corrected chi connectivity index (χ2v) is 3.89. The summed E-state index contributed by atoms with van der Waals surface area (Å²) >= 11 is 0. The van der Waals surface area contributed by atoms with Crippen molar-refractivity contribution in [2.45, 2.75) is 0 Å². The maximum Gasteiger partial charge on any atom is 0.347 e. The minimum atomic E-state index is -0.694. The summed E-state index contributed by atoms with van der Waals surface area (Å²) in [6, 6.07) is 10.2. The van der Waals surface area contributed by atoms with Crippen molar-refractivity contribution >= 4 is 21.7 Å². The van der Waals surface area contributed by atoms with E-state index in [-0.39, 0.29) is 11.1 Å². The van der Waals surface area contributed by atoms with Crippen molar-refractivity contribution in [2.75, 3.05) is 7.11 Å². The molecule has 0 atom stereocenters. The van der Waals surface area contributed by atoms with Crippen molar-refractivity contribution in [3.8, 4) is 5.75 Å². The number of ether oxygens (including phenoxy) is 1. The molecule has 2 aromatic carbocycles. The largest absolute Gasteiger partial charge is 0.494 e. The van der Waals surface area contributed by atoms with E-state index in [9.17, 15) is 9.18 Å². The van der Waals surface area contributed by atoms with Crippen LogP contribution in [0.3, 0.4) is 0 Å². The van der Waals surface area contributed by atoms with Crippen LogP contribution in [-0.2, 0) is 0 Å². The Morgan fingerprint density at radius 2 is 1.89 bits per heavy atom. The highest BCUT2D eigenvalue weighted by Gasteiger charge is 2.14. The predicted molar refractivity (Wildman–Crippen MR) is 66.5 cm³/mol. The maximum absolute atomic E-state index is 14.1. The molecule has 0 radical (unpaired) electrons. The Labute approximate surface area is 101 Å². The fourth-order valence-corrected chi connectivity index (χ4v) is 2.07. The van der Waals surface area contributed by atoms with Crippen molar-refractivity contribution in [3.63, 3.8) is 0 Å². The lowest BCUT2D eigenvalue weighted by atomic mass is 10.1. The maximum atomic E-state index is 14.1. The van der Waals surface area contributed by atoms with Crippen LogP contribution in [0.1, 0.15) is 0 Å². The van der Waals surface area contributed by atoms with Crippen molar-refractivity contribution in [3.05, 3.63) is 52.6 Å². The van der Waals surface area contributed by atoms with Crippen molar-refractivity contribution in [2.24, 2.45) is 0 Å². The summed E-state index contributed by atoms with van der Waals surface area (Å²) in [6.07, 6.45) is 0. The zero-order chi connectivity index (χ0) is 12.7. The summed E-state index contributed by atoms with van der Waals surface area (Å²) in [6.45, 7) is 0. The van der Waals surface area contributed by atoms with Crippen LogP contribution in [0.4, 0.5) is 4.39 Å². The van der Waals surface area contributed by atoms with Gasteiger partial charge in [0.2, 0.25) is 0 Å². The summed E-state index contributed by atoms with van der Waals surface area (Å²) in [7, 11) is 1.35. The van der Waals surface area contributed by atoms with E-state index in [0.717, 1.165) is 0 Å². The zero-order valence-corrected chi connectivity index (χ0v) is 9.57. The normalized spacial score (nSPS) is 11.0. The third-order valence-electron chi connectivity index (χ3n) is 2.91. The Kier molecular flexibility index (Phi) is 2.30. The lowest BCUT2D eigenvalue weighted by molar-refractivity contribution is 0.388. The van der Waals surface area contributed by atoms with E-state index in [2.05, 4.69) is 0 Å². The lowest BCUT2D eigenvalue weighted by Crippen LogP contribution is -2.03. The Hall–Kier alpha value is -2.36. The van der Waals surface area contributed by atoms with Crippen LogP contribution >= 0.6 is 0 Å². The van der Waals surface area contributed by atoms with Gasteiger partial charge in [0, 0.05) is 10.8 Å². The lowest BCUT2D eigenvalue weighted by Gasteiger charge is -2.06. The SMILES string of the molecule is COc1ccc2c(c1F)c(=O)oc1ccccc12. The molecule has 0 fully saturated rings. The molecule has 1 aromatic heterocycles. The third kappa shape index (κ3) is 1.39. The average Bonchev–Trinajstić information content (AvgIpc) is 2.39. The monoisotopic (exact) mass is 244 g/mol. The van der Waals surface area contributed by atoms with Crippen LogP contribution in [0.15, 0.2) is 45.6 Å². The first kappa shape index (κ1) is 10.8. The molecular formula is C14H9FO3. The van der Waals surface area contributed by atoms with Crippen molar-refractivity contribution in [1.29, 1.82) is 0 Å². The van der Waals surface area contributed by atoms with Crippen molar-refractivity contribution < 1.29 is 13.5 Å². The Bertz CT molecular complexity index is 805. The smallest absolute Gasteiger partial charge is 0.347 e. The molecule has 90 valence electrons. The molecule has 1 heterocycles. The van der Waals surface area contributed by atoms with Gasteiger partial charge in [-0.15, -0.1) is 0 Å². The van der Waals surface area contributed by atoms with E-state index >= 15 is 0 Å². The van der Waals surface area contributed by atoms with Crippen LogP contribution in [0.25, 0.3) is 21.7 Å². The van der Waals surface area contributed by atoms with Gasteiger partial charge in [0.15, 0.2) is 11.6 Å². The summed E-state index contributed by atoms with van der Waals surface area (Å²) in [4.78, 5) is 11.8. The van der Waals surface area contributed by atoms with Gasteiger partial charge in [-0.2, -0.15) is 0 Å². The molecule has 18 heavy (non-hydrogen) atoms. The fraction of sp³-hybridized carbons (Fsp3) is 0.0714. The standard InChI is InChI=1S/C14H9FO3/c1-17-11-7-6-9-8-4-2-3-5-10(8)18-14(16)12(9)13(11)15/h2-7H,1H3. The highest BCUT2D eigenvalue weighted by atomic mass is 19.1. The summed E-state index contributed by atoms with van der Waals surface area (Å²) < 4.78 is 24.0. The van der Waals surface area contributed by atoms with Gasteiger partial charge in [-0.25, -0.2) is 9.18 Å². The summed E-state index contributed by atoms with van der Waals surface area (Å²) in [5, 5.41) is 1.15. The number of para-hydroxylation sites is 1. The van der Waals surface area contributed by atoms with Gasteiger partial charge in [0.1, 0.15) is 11.0 Å². The molecule has 0 saturated carbocycles. The third-order valence-corrected chi connectivity index (χ3v) is 2.91. The second kappa shape index (κ2) is 3.84. The van der Waals surface area contributed by atoms with E-state index in [1.165, 1.54) is 13.2 Å². The Morgan fingerprint density at radius 3 is 2.67 bits per heavy atom. The molecule has 0 amide bonds. The quantitative estimate of drug-likeness (QED) is 0.487. The number of hydrogen-bond donors (Lipinski definition) is 0. The minimum absolute atomic E-state index is 0.0325. The van der Waals surface area contributed by atoms with Gasteiger partial charge >= 0.3 is 5.63 Å². The van der Waals surface area contributed by atoms with E-state index in [4.69, 9.17) is 9.15 Å². The number of halogens is 1. The van der Waals surface area contributed by atoms with Crippen LogP contribution in [0.2, 0.25) is 0 Å². The molecule has 0 aliphatic carbocycles. The molecule has 0 unspecified atom stereocenters. The number of rotatable bonds is 1. The molecule has 0 bridgehead atoms. The fourth-order valence-electron chi connectivity index (χ4n) is 2.07. The van der Waals surface area contributed by atoms with E-state index < -0.39 is 11.4 Å². The van der Waals surface area contributed by atoms with E-state index in [1.807, 2.05) is 6.07 Å². The minimum Gasteiger partial charge on any atom is -0.494 e. The van der Waals surface area contributed by atoms with Gasteiger partial charge in [-0.05, 0) is 18.2 Å². The van der Waals surface area contributed by atoms with E-state index in [1.54, 1.807) is 24.3 Å².